The third-order valence-corrected chi connectivity index (χ3v) is 3.45. The Balaban J connectivity index is 1.94. The van der Waals surface area contributed by atoms with Crippen molar-refractivity contribution >= 4 is 23.2 Å². The van der Waals surface area contributed by atoms with Crippen LogP contribution in [0, 0.1) is 0 Å². The number of hydrogen-bond acceptors (Lipinski definition) is 3. The summed E-state index contributed by atoms with van der Waals surface area (Å²) in [6.07, 6.45) is 3.19. The molecule has 1 atom stereocenters. The Kier molecular flexibility index (Phi) is 4.98. The zero-order valence-corrected chi connectivity index (χ0v) is 12.3. The summed E-state index contributed by atoms with van der Waals surface area (Å²) in [5, 5.41) is 5.87. The molecular weight excluding hydrogens is 266 g/mol. The Hall–Kier alpha value is -2.30. The van der Waals surface area contributed by atoms with Gasteiger partial charge in [-0.1, -0.05) is 6.08 Å². The normalized spacial score (nSPS) is 15.7. The van der Waals surface area contributed by atoms with Gasteiger partial charge in [-0.2, -0.15) is 0 Å². The maximum Gasteiger partial charge on any atom is 0.242 e. The monoisotopic (exact) mass is 287 g/mol. The van der Waals surface area contributed by atoms with Crippen LogP contribution < -0.4 is 15.5 Å². The molecule has 2 rings (SSSR count). The van der Waals surface area contributed by atoms with Gasteiger partial charge in [0.2, 0.25) is 11.8 Å². The standard InChI is InChI=1S/C16H21N3O2/c1-3-10-17-16(21)12(2)18-13-6-8-14(9-7-13)19-11-4-5-15(19)20/h3,6-9,12,18H,1,4-5,10-11H2,2H3,(H,17,21). The Bertz CT molecular complexity index is 525. The van der Waals surface area contributed by atoms with Gasteiger partial charge < -0.3 is 15.5 Å². The summed E-state index contributed by atoms with van der Waals surface area (Å²) in [7, 11) is 0. The fourth-order valence-corrected chi connectivity index (χ4v) is 2.30. The van der Waals surface area contributed by atoms with E-state index in [0.29, 0.717) is 13.0 Å². The third-order valence-electron chi connectivity index (χ3n) is 3.45. The van der Waals surface area contributed by atoms with Crippen LogP contribution in [-0.4, -0.2) is 30.9 Å². The van der Waals surface area contributed by atoms with Gasteiger partial charge in [-0.05, 0) is 37.6 Å². The van der Waals surface area contributed by atoms with E-state index in [2.05, 4.69) is 17.2 Å². The first kappa shape index (κ1) is 15.1. The first-order chi connectivity index (χ1) is 10.1. The fraction of sp³-hybridized carbons (Fsp3) is 0.375. The van der Waals surface area contributed by atoms with E-state index in [1.807, 2.05) is 24.3 Å². The summed E-state index contributed by atoms with van der Waals surface area (Å²) in [5.74, 6) is 0.0987. The van der Waals surface area contributed by atoms with E-state index in [4.69, 9.17) is 0 Å². The molecule has 1 aliphatic rings. The van der Waals surface area contributed by atoms with Crippen LogP contribution >= 0.6 is 0 Å². The van der Waals surface area contributed by atoms with Crippen LogP contribution in [0.3, 0.4) is 0 Å². The van der Waals surface area contributed by atoms with E-state index in [1.165, 1.54) is 0 Å². The number of nitrogens with zero attached hydrogens (tertiary/aromatic N) is 1. The quantitative estimate of drug-likeness (QED) is 0.786. The van der Waals surface area contributed by atoms with Gasteiger partial charge in [0.15, 0.2) is 0 Å². The van der Waals surface area contributed by atoms with Crippen molar-refractivity contribution in [3.63, 3.8) is 0 Å². The molecule has 0 aromatic heterocycles. The third kappa shape index (κ3) is 3.84. The molecule has 112 valence electrons. The van der Waals surface area contributed by atoms with Gasteiger partial charge in [-0.3, -0.25) is 9.59 Å². The molecule has 1 saturated heterocycles. The number of anilines is 2. The number of amides is 2. The van der Waals surface area contributed by atoms with Crippen LogP contribution in [-0.2, 0) is 9.59 Å². The summed E-state index contributed by atoms with van der Waals surface area (Å²) in [6, 6.07) is 7.25. The number of rotatable bonds is 6. The molecule has 21 heavy (non-hydrogen) atoms. The smallest absolute Gasteiger partial charge is 0.242 e. The largest absolute Gasteiger partial charge is 0.374 e. The molecule has 0 radical (unpaired) electrons. The Labute approximate surface area is 125 Å². The van der Waals surface area contributed by atoms with E-state index >= 15 is 0 Å². The van der Waals surface area contributed by atoms with Gasteiger partial charge in [-0.25, -0.2) is 0 Å². The highest BCUT2D eigenvalue weighted by Crippen LogP contribution is 2.23. The molecule has 1 unspecified atom stereocenters. The molecule has 0 aliphatic carbocycles. The molecule has 2 N–H and O–H groups in total. The average Bonchev–Trinajstić information content (AvgIpc) is 2.91. The highest BCUT2D eigenvalue weighted by atomic mass is 16.2. The van der Waals surface area contributed by atoms with Crippen LogP contribution in [0.25, 0.3) is 0 Å². The van der Waals surface area contributed by atoms with Crippen molar-refractivity contribution < 1.29 is 9.59 Å². The van der Waals surface area contributed by atoms with E-state index in [9.17, 15) is 9.59 Å². The fourth-order valence-electron chi connectivity index (χ4n) is 2.30. The van der Waals surface area contributed by atoms with Crippen molar-refractivity contribution in [3.8, 4) is 0 Å². The van der Waals surface area contributed by atoms with Gasteiger partial charge in [-0.15, -0.1) is 6.58 Å². The number of benzene rings is 1. The minimum Gasteiger partial charge on any atom is -0.374 e. The molecule has 1 aromatic rings. The lowest BCUT2D eigenvalue weighted by Crippen LogP contribution is -2.37. The van der Waals surface area contributed by atoms with Crippen molar-refractivity contribution in [2.75, 3.05) is 23.3 Å². The second kappa shape index (κ2) is 6.92. The highest BCUT2D eigenvalue weighted by Gasteiger charge is 2.21. The molecule has 0 spiro atoms. The molecule has 0 saturated carbocycles. The summed E-state index contributed by atoms with van der Waals surface area (Å²) in [6.45, 7) is 6.61. The van der Waals surface area contributed by atoms with Crippen LogP contribution in [0.2, 0.25) is 0 Å². The molecule has 1 fully saturated rings. The van der Waals surface area contributed by atoms with Gasteiger partial charge in [0.05, 0.1) is 0 Å². The van der Waals surface area contributed by atoms with Crippen molar-refractivity contribution in [3.05, 3.63) is 36.9 Å². The summed E-state index contributed by atoms with van der Waals surface area (Å²) < 4.78 is 0. The SMILES string of the molecule is C=CCNC(=O)C(C)Nc1ccc(N2CCCC2=O)cc1. The minimum atomic E-state index is -0.329. The summed E-state index contributed by atoms with van der Waals surface area (Å²) in [5.41, 5.74) is 1.76. The predicted octanol–water partition coefficient (Wildman–Crippen LogP) is 1.92. The van der Waals surface area contributed by atoms with Gasteiger partial charge in [0.1, 0.15) is 6.04 Å². The first-order valence-corrected chi connectivity index (χ1v) is 7.17. The highest BCUT2D eigenvalue weighted by molar-refractivity contribution is 5.95. The maximum absolute atomic E-state index is 11.8. The van der Waals surface area contributed by atoms with Crippen molar-refractivity contribution in [1.82, 2.24) is 5.32 Å². The second-order valence-corrected chi connectivity index (χ2v) is 5.10. The second-order valence-electron chi connectivity index (χ2n) is 5.10. The predicted molar refractivity (Wildman–Crippen MR) is 84.3 cm³/mol. The number of carbonyl (C=O) groups is 2. The van der Waals surface area contributed by atoms with Crippen molar-refractivity contribution in [1.29, 1.82) is 0 Å². The van der Waals surface area contributed by atoms with Gasteiger partial charge in [0, 0.05) is 30.9 Å². The topological polar surface area (TPSA) is 61.4 Å². The molecule has 5 heteroatoms. The lowest BCUT2D eigenvalue weighted by Gasteiger charge is -2.18. The van der Waals surface area contributed by atoms with E-state index in [0.717, 1.165) is 24.3 Å². The van der Waals surface area contributed by atoms with Gasteiger partial charge >= 0.3 is 0 Å². The maximum atomic E-state index is 11.8. The van der Waals surface area contributed by atoms with E-state index < -0.39 is 0 Å². The van der Waals surface area contributed by atoms with Crippen LogP contribution in [0.1, 0.15) is 19.8 Å². The Morgan fingerprint density at radius 2 is 2.14 bits per heavy atom. The minimum absolute atomic E-state index is 0.0753. The number of carbonyl (C=O) groups excluding carboxylic acids is 2. The van der Waals surface area contributed by atoms with E-state index in [-0.39, 0.29) is 17.9 Å². The lowest BCUT2D eigenvalue weighted by atomic mass is 10.2. The average molecular weight is 287 g/mol. The van der Waals surface area contributed by atoms with Crippen LogP contribution in [0.4, 0.5) is 11.4 Å². The molecule has 0 bridgehead atoms. The van der Waals surface area contributed by atoms with Gasteiger partial charge in [0.25, 0.3) is 0 Å². The lowest BCUT2D eigenvalue weighted by molar-refractivity contribution is -0.121. The van der Waals surface area contributed by atoms with E-state index in [1.54, 1.807) is 17.9 Å². The zero-order chi connectivity index (χ0) is 15.2. The number of hydrogen-bond donors (Lipinski definition) is 2. The first-order valence-electron chi connectivity index (χ1n) is 7.17. The zero-order valence-electron chi connectivity index (χ0n) is 12.3. The molecule has 1 heterocycles. The van der Waals surface area contributed by atoms with Crippen LogP contribution in [0.5, 0.6) is 0 Å². The van der Waals surface area contributed by atoms with Crippen molar-refractivity contribution in [2.45, 2.75) is 25.8 Å². The molecule has 1 aliphatic heterocycles. The van der Waals surface area contributed by atoms with Crippen molar-refractivity contribution in [2.24, 2.45) is 0 Å². The molecular formula is C16H21N3O2. The Morgan fingerprint density at radius 1 is 1.43 bits per heavy atom. The van der Waals surface area contributed by atoms with Crippen LogP contribution in [0.15, 0.2) is 36.9 Å². The molecule has 1 aromatic carbocycles. The Morgan fingerprint density at radius 3 is 2.71 bits per heavy atom. The summed E-state index contributed by atoms with van der Waals surface area (Å²) >= 11 is 0. The molecule has 2 amide bonds. The number of nitrogens with one attached hydrogen (secondary N) is 2. The summed E-state index contributed by atoms with van der Waals surface area (Å²) in [4.78, 5) is 25.2. The molecule has 5 nitrogen and oxygen atoms in total.